The molecule has 2 aromatic carbocycles. The van der Waals surface area contributed by atoms with Gasteiger partial charge in [0.05, 0.1) is 5.56 Å². The molecule has 1 atom stereocenters. The van der Waals surface area contributed by atoms with Gasteiger partial charge in [-0.25, -0.2) is 4.79 Å². The van der Waals surface area contributed by atoms with Gasteiger partial charge in [0, 0.05) is 10.6 Å². The molecule has 3 nitrogen and oxygen atoms in total. The van der Waals surface area contributed by atoms with Gasteiger partial charge in [-0.1, -0.05) is 42.1 Å². The number of hydrogen-bond donors (Lipinski definition) is 1. The largest absolute Gasteiger partial charge is 0.448 e. The van der Waals surface area contributed by atoms with E-state index in [0.717, 1.165) is 4.90 Å². The summed E-state index contributed by atoms with van der Waals surface area (Å²) in [4.78, 5) is 12.8. The average molecular weight is 273 g/mol. The minimum absolute atomic E-state index is 0.294. The predicted octanol–water partition coefficient (Wildman–Crippen LogP) is 3.56. The molecule has 0 bridgehead atoms. The van der Waals surface area contributed by atoms with Gasteiger partial charge >= 0.3 is 5.97 Å². The molecule has 98 valence electrons. The Morgan fingerprint density at radius 1 is 1.11 bits per heavy atom. The van der Waals surface area contributed by atoms with Crippen LogP contribution in [-0.4, -0.2) is 11.4 Å². The van der Waals surface area contributed by atoms with Crippen LogP contribution in [0.5, 0.6) is 0 Å². The quantitative estimate of drug-likeness (QED) is 0.400. The first-order valence-corrected chi connectivity index (χ1v) is 6.82. The molecule has 4 heteroatoms. The Labute approximate surface area is 116 Å². The highest BCUT2D eigenvalue weighted by Gasteiger charge is 2.13. The third-order valence-electron chi connectivity index (χ3n) is 2.49. The molecule has 0 aliphatic rings. The number of ether oxygens (including phenoxy) is 1. The second-order valence-corrected chi connectivity index (χ2v) is 5.33. The molecule has 2 N–H and O–H groups in total. The van der Waals surface area contributed by atoms with Gasteiger partial charge in [0.15, 0.2) is 0 Å². The molecule has 2 rings (SSSR count). The van der Waals surface area contributed by atoms with Crippen molar-refractivity contribution in [1.82, 2.24) is 0 Å². The number of benzene rings is 2. The van der Waals surface area contributed by atoms with E-state index in [1.54, 1.807) is 12.1 Å². The summed E-state index contributed by atoms with van der Waals surface area (Å²) in [6.07, 6.45) is 0. The van der Waals surface area contributed by atoms with Crippen molar-refractivity contribution in [3.8, 4) is 0 Å². The van der Waals surface area contributed by atoms with Gasteiger partial charge in [-0.2, -0.15) is 0 Å². The lowest BCUT2D eigenvalue weighted by Gasteiger charge is -2.13. The maximum absolute atomic E-state index is 11.9. The van der Waals surface area contributed by atoms with E-state index < -0.39 is 0 Å². The van der Waals surface area contributed by atoms with Crippen LogP contribution in [0.3, 0.4) is 0 Å². The molecule has 0 heterocycles. The van der Waals surface area contributed by atoms with E-state index in [-0.39, 0.29) is 11.4 Å². The minimum atomic E-state index is -0.324. The molecule has 0 amide bonds. The third-order valence-corrected chi connectivity index (χ3v) is 3.55. The minimum Gasteiger partial charge on any atom is -0.448 e. The summed E-state index contributed by atoms with van der Waals surface area (Å²) in [7, 11) is 0. The summed E-state index contributed by atoms with van der Waals surface area (Å²) in [5.74, 6) is -0.324. The van der Waals surface area contributed by atoms with E-state index in [1.165, 1.54) is 11.8 Å². The van der Waals surface area contributed by atoms with E-state index in [4.69, 9.17) is 10.5 Å². The van der Waals surface area contributed by atoms with Crippen molar-refractivity contribution in [1.29, 1.82) is 0 Å². The molecule has 0 spiro atoms. The molecule has 0 saturated carbocycles. The SMILES string of the molecule is CC(OC(=O)c1ccccc1)Sc1ccccc1N. The molecule has 0 aromatic heterocycles. The van der Waals surface area contributed by atoms with Gasteiger partial charge in [0.1, 0.15) is 5.44 Å². The van der Waals surface area contributed by atoms with Crippen LogP contribution in [0.2, 0.25) is 0 Å². The van der Waals surface area contributed by atoms with E-state index >= 15 is 0 Å². The summed E-state index contributed by atoms with van der Waals surface area (Å²) in [6, 6.07) is 16.5. The lowest BCUT2D eigenvalue weighted by molar-refractivity contribution is 0.0482. The average Bonchev–Trinajstić information content (AvgIpc) is 2.42. The zero-order valence-corrected chi connectivity index (χ0v) is 11.4. The molecule has 0 fully saturated rings. The smallest absolute Gasteiger partial charge is 0.339 e. The van der Waals surface area contributed by atoms with Gasteiger partial charge in [0.25, 0.3) is 0 Å². The van der Waals surface area contributed by atoms with Crippen molar-refractivity contribution < 1.29 is 9.53 Å². The zero-order valence-electron chi connectivity index (χ0n) is 10.6. The van der Waals surface area contributed by atoms with E-state index in [1.807, 2.05) is 49.4 Å². The van der Waals surface area contributed by atoms with E-state index in [9.17, 15) is 4.79 Å². The zero-order chi connectivity index (χ0) is 13.7. The number of para-hydroxylation sites is 1. The molecular formula is C15H15NO2S. The van der Waals surface area contributed by atoms with E-state index in [0.29, 0.717) is 11.3 Å². The fraction of sp³-hybridized carbons (Fsp3) is 0.133. The fourth-order valence-electron chi connectivity index (χ4n) is 1.58. The number of esters is 1. The van der Waals surface area contributed by atoms with Crippen LogP contribution in [0.15, 0.2) is 59.5 Å². The standard InChI is InChI=1S/C15H15NO2S/c1-11(19-14-10-6-5-9-13(14)16)18-15(17)12-7-3-2-4-8-12/h2-11H,16H2,1H3. The van der Waals surface area contributed by atoms with Gasteiger partial charge in [-0.3, -0.25) is 0 Å². The van der Waals surface area contributed by atoms with Crippen LogP contribution < -0.4 is 5.73 Å². The van der Waals surface area contributed by atoms with Crippen LogP contribution in [0, 0.1) is 0 Å². The number of carbonyl (C=O) groups is 1. The number of thioether (sulfide) groups is 1. The summed E-state index contributed by atoms with van der Waals surface area (Å²) in [6.45, 7) is 1.83. The van der Waals surface area contributed by atoms with Gasteiger partial charge in [0.2, 0.25) is 0 Å². The molecule has 0 aliphatic carbocycles. The van der Waals surface area contributed by atoms with Crippen molar-refractivity contribution in [3.05, 3.63) is 60.2 Å². The highest BCUT2D eigenvalue weighted by Crippen LogP contribution is 2.29. The number of hydrogen-bond acceptors (Lipinski definition) is 4. The van der Waals surface area contributed by atoms with Gasteiger partial charge < -0.3 is 10.5 Å². The molecule has 2 aromatic rings. The highest BCUT2D eigenvalue weighted by molar-refractivity contribution is 7.99. The topological polar surface area (TPSA) is 52.3 Å². The maximum Gasteiger partial charge on any atom is 0.339 e. The third kappa shape index (κ3) is 3.76. The number of rotatable bonds is 4. The van der Waals surface area contributed by atoms with Crippen molar-refractivity contribution >= 4 is 23.4 Å². The van der Waals surface area contributed by atoms with Crippen molar-refractivity contribution in [3.63, 3.8) is 0 Å². The van der Waals surface area contributed by atoms with Crippen molar-refractivity contribution in [2.24, 2.45) is 0 Å². The summed E-state index contributed by atoms with van der Waals surface area (Å²) < 4.78 is 5.36. The molecular weight excluding hydrogens is 258 g/mol. The summed E-state index contributed by atoms with van der Waals surface area (Å²) >= 11 is 1.43. The molecule has 0 aliphatic heterocycles. The van der Waals surface area contributed by atoms with Gasteiger partial charge in [-0.15, -0.1) is 0 Å². The normalized spacial score (nSPS) is 11.8. The molecule has 0 saturated heterocycles. The second kappa shape index (κ2) is 6.29. The number of nitrogen functional groups attached to an aromatic ring is 1. The number of carbonyl (C=O) groups excluding carboxylic acids is 1. The first-order chi connectivity index (χ1) is 9.16. The first kappa shape index (κ1) is 13.5. The predicted molar refractivity (Wildman–Crippen MR) is 78.0 cm³/mol. The summed E-state index contributed by atoms with van der Waals surface area (Å²) in [5, 5.41) is 0. The summed E-state index contributed by atoms with van der Waals surface area (Å²) in [5.41, 5.74) is 6.80. The Morgan fingerprint density at radius 2 is 1.74 bits per heavy atom. The highest BCUT2D eigenvalue weighted by atomic mass is 32.2. The Bertz CT molecular complexity index is 557. The first-order valence-electron chi connectivity index (χ1n) is 5.94. The lowest BCUT2D eigenvalue weighted by Crippen LogP contribution is -2.12. The number of anilines is 1. The lowest BCUT2D eigenvalue weighted by atomic mass is 10.2. The second-order valence-electron chi connectivity index (χ2n) is 3.99. The van der Waals surface area contributed by atoms with Crippen molar-refractivity contribution in [2.45, 2.75) is 17.3 Å². The van der Waals surface area contributed by atoms with Crippen LogP contribution in [0.25, 0.3) is 0 Å². The Kier molecular flexibility index (Phi) is 4.47. The molecule has 1 unspecified atom stereocenters. The Morgan fingerprint density at radius 3 is 2.42 bits per heavy atom. The van der Waals surface area contributed by atoms with Crippen LogP contribution in [0.1, 0.15) is 17.3 Å². The molecule has 19 heavy (non-hydrogen) atoms. The Hall–Kier alpha value is -1.94. The number of nitrogens with two attached hydrogens (primary N) is 1. The molecule has 0 radical (unpaired) electrons. The fourth-order valence-corrected chi connectivity index (χ4v) is 2.44. The van der Waals surface area contributed by atoms with Crippen molar-refractivity contribution in [2.75, 3.05) is 5.73 Å². The van der Waals surface area contributed by atoms with E-state index in [2.05, 4.69) is 0 Å². The monoisotopic (exact) mass is 273 g/mol. The van der Waals surface area contributed by atoms with Crippen LogP contribution in [-0.2, 0) is 4.74 Å². The Balaban J connectivity index is 1.97. The van der Waals surface area contributed by atoms with Crippen LogP contribution >= 0.6 is 11.8 Å². The van der Waals surface area contributed by atoms with Crippen LogP contribution in [0.4, 0.5) is 5.69 Å². The maximum atomic E-state index is 11.9. The van der Waals surface area contributed by atoms with Gasteiger partial charge in [-0.05, 0) is 31.2 Å².